The van der Waals surface area contributed by atoms with E-state index in [-0.39, 0.29) is 12.2 Å². The van der Waals surface area contributed by atoms with Crippen LogP contribution in [0.15, 0.2) is 12.2 Å². The molecule has 0 aromatic carbocycles. The molecule has 0 rings (SSSR count). The molecule has 0 saturated carbocycles. The molecule has 0 aliphatic heterocycles. The predicted molar refractivity (Wildman–Crippen MR) is 85.8 cm³/mol. The number of Topliss-reactive ketones (excluding diaryl/α,β-unsaturated/α-hetero) is 1. The van der Waals surface area contributed by atoms with E-state index in [0.717, 1.165) is 32.1 Å². The van der Waals surface area contributed by atoms with Crippen molar-refractivity contribution >= 4 is 11.8 Å². The standard InChI is InChI=1S/C16H29NO6/c1-12(19)9-7-5-3-2-4-6-8-10-13(20)14(21)16(17,11-18)15(22)23/h6,8,13-14,18,20-21H,2-5,7,9-11,17H2,1H3,(H,22,23)/b8-6+/t13-,14+,16+/m0/s1. The summed E-state index contributed by atoms with van der Waals surface area (Å²) in [4.78, 5) is 21.7. The van der Waals surface area contributed by atoms with Crippen molar-refractivity contribution in [3.05, 3.63) is 12.2 Å². The second-order valence-corrected chi connectivity index (χ2v) is 5.88. The molecule has 23 heavy (non-hydrogen) atoms. The number of unbranched alkanes of at least 4 members (excludes halogenated alkanes) is 4. The lowest BCUT2D eigenvalue weighted by Crippen LogP contribution is -2.63. The van der Waals surface area contributed by atoms with Crippen LogP contribution in [-0.4, -0.2) is 56.5 Å². The Kier molecular flexibility index (Phi) is 10.7. The number of aliphatic hydroxyl groups excluding tert-OH is 3. The Morgan fingerprint density at radius 1 is 1.13 bits per heavy atom. The number of carbonyl (C=O) groups excluding carboxylic acids is 1. The summed E-state index contributed by atoms with van der Waals surface area (Å²) in [7, 11) is 0. The maximum Gasteiger partial charge on any atom is 0.328 e. The van der Waals surface area contributed by atoms with E-state index >= 15 is 0 Å². The topological polar surface area (TPSA) is 141 Å². The van der Waals surface area contributed by atoms with Crippen molar-refractivity contribution in [2.24, 2.45) is 5.73 Å². The summed E-state index contributed by atoms with van der Waals surface area (Å²) in [5.74, 6) is -1.36. The summed E-state index contributed by atoms with van der Waals surface area (Å²) in [5, 5.41) is 37.5. The third-order valence-electron chi connectivity index (χ3n) is 3.75. The van der Waals surface area contributed by atoms with Gasteiger partial charge in [-0.25, -0.2) is 0 Å². The maximum absolute atomic E-state index is 10.9. The molecule has 0 fully saturated rings. The van der Waals surface area contributed by atoms with E-state index in [1.807, 2.05) is 6.08 Å². The number of hydrogen-bond donors (Lipinski definition) is 5. The molecule has 0 aliphatic rings. The van der Waals surface area contributed by atoms with Crippen molar-refractivity contribution in [2.75, 3.05) is 6.61 Å². The van der Waals surface area contributed by atoms with Crippen LogP contribution in [0.1, 0.15) is 51.9 Å². The highest BCUT2D eigenvalue weighted by atomic mass is 16.4. The summed E-state index contributed by atoms with van der Waals surface area (Å²) in [5.41, 5.74) is 3.12. The highest BCUT2D eigenvalue weighted by molar-refractivity contribution is 5.79. The number of ketones is 1. The van der Waals surface area contributed by atoms with Gasteiger partial charge in [-0.1, -0.05) is 25.0 Å². The summed E-state index contributed by atoms with van der Waals surface area (Å²) in [6, 6.07) is 0. The quantitative estimate of drug-likeness (QED) is 0.242. The van der Waals surface area contributed by atoms with Gasteiger partial charge in [0.2, 0.25) is 0 Å². The van der Waals surface area contributed by atoms with Crippen LogP contribution in [0.25, 0.3) is 0 Å². The SMILES string of the molecule is CC(=O)CCCCCC/C=C/C[C@H](O)[C@@H](O)[C@](N)(CO)C(=O)O. The fourth-order valence-corrected chi connectivity index (χ4v) is 2.10. The lowest BCUT2D eigenvalue weighted by Gasteiger charge is -2.30. The Labute approximate surface area is 136 Å². The highest BCUT2D eigenvalue weighted by Gasteiger charge is 2.44. The Hall–Kier alpha value is -1.28. The molecule has 0 amide bonds. The molecule has 0 unspecified atom stereocenters. The van der Waals surface area contributed by atoms with Gasteiger partial charge in [-0.15, -0.1) is 0 Å². The van der Waals surface area contributed by atoms with Crippen molar-refractivity contribution in [2.45, 2.75) is 69.6 Å². The molecule has 6 N–H and O–H groups in total. The van der Waals surface area contributed by atoms with E-state index in [1.54, 1.807) is 13.0 Å². The predicted octanol–water partition coefficient (Wildman–Crippen LogP) is 0.359. The molecule has 0 spiro atoms. The van der Waals surface area contributed by atoms with Crippen LogP contribution < -0.4 is 5.73 Å². The van der Waals surface area contributed by atoms with Crippen LogP contribution in [0.2, 0.25) is 0 Å². The van der Waals surface area contributed by atoms with Gasteiger partial charge in [0, 0.05) is 6.42 Å². The van der Waals surface area contributed by atoms with E-state index in [2.05, 4.69) is 0 Å². The molecular formula is C16H29NO6. The number of aliphatic hydroxyl groups is 3. The number of allylic oxidation sites excluding steroid dienone is 1. The van der Waals surface area contributed by atoms with Gasteiger partial charge in [0.1, 0.15) is 11.9 Å². The minimum atomic E-state index is -2.27. The molecule has 0 radical (unpaired) electrons. The minimum absolute atomic E-state index is 0.0533. The maximum atomic E-state index is 10.9. The van der Waals surface area contributed by atoms with Crippen LogP contribution >= 0.6 is 0 Å². The smallest absolute Gasteiger partial charge is 0.328 e. The number of carboxylic acids is 1. The molecule has 0 aliphatic carbocycles. The molecule has 0 heterocycles. The highest BCUT2D eigenvalue weighted by Crippen LogP contribution is 2.14. The molecule has 0 aromatic rings. The van der Waals surface area contributed by atoms with E-state index < -0.39 is 30.3 Å². The first kappa shape index (κ1) is 21.7. The number of hydrogen-bond acceptors (Lipinski definition) is 6. The van der Waals surface area contributed by atoms with E-state index in [1.165, 1.54) is 0 Å². The molecule has 0 aromatic heterocycles. The van der Waals surface area contributed by atoms with E-state index in [0.29, 0.717) is 6.42 Å². The van der Waals surface area contributed by atoms with Gasteiger partial charge in [0.15, 0.2) is 5.54 Å². The lowest BCUT2D eigenvalue weighted by molar-refractivity contribution is -0.155. The number of carboxylic acid groups (broad SMARTS) is 1. The summed E-state index contributed by atoms with van der Waals surface area (Å²) < 4.78 is 0. The first-order valence-corrected chi connectivity index (χ1v) is 7.89. The second-order valence-electron chi connectivity index (χ2n) is 5.88. The fraction of sp³-hybridized carbons (Fsp3) is 0.750. The van der Waals surface area contributed by atoms with Gasteiger partial charge in [-0.2, -0.15) is 0 Å². The molecular weight excluding hydrogens is 302 g/mol. The zero-order valence-electron chi connectivity index (χ0n) is 13.6. The van der Waals surface area contributed by atoms with Gasteiger partial charge in [-0.05, 0) is 32.6 Å². The zero-order chi connectivity index (χ0) is 17.9. The van der Waals surface area contributed by atoms with Crippen LogP contribution in [0, 0.1) is 0 Å². The average molecular weight is 331 g/mol. The summed E-state index contributed by atoms with van der Waals surface area (Å²) >= 11 is 0. The zero-order valence-corrected chi connectivity index (χ0v) is 13.6. The van der Waals surface area contributed by atoms with Gasteiger partial charge in [0.05, 0.1) is 12.7 Å². The monoisotopic (exact) mass is 331 g/mol. The first-order valence-electron chi connectivity index (χ1n) is 7.89. The molecule has 7 nitrogen and oxygen atoms in total. The average Bonchev–Trinajstić information content (AvgIpc) is 2.50. The third-order valence-corrected chi connectivity index (χ3v) is 3.75. The van der Waals surface area contributed by atoms with Crippen molar-refractivity contribution in [3.63, 3.8) is 0 Å². The Morgan fingerprint density at radius 2 is 1.74 bits per heavy atom. The Bertz CT molecular complexity index is 398. The number of carbonyl (C=O) groups is 2. The second kappa shape index (κ2) is 11.3. The fourth-order valence-electron chi connectivity index (χ4n) is 2.10. The molecule has 0 bridgehead atoms. The van der Waals surface area contributed by atoms with Crippen molar-refractivity contribution < 1.29 is 30.0 Å². The van der Waals surface area contributed by atoms with E-state index in [9.17, 15) is 19.8 Å². The third kappa shape index (κ3) is 8.22. The van der Waals surface area contributed by atoms with Crippen LogP contribution in [0.3, 0.4) is 0 Å². The summed E-state index contributed by atoms with van der Waals surface area (Å²) in [6.45, 7) is 0.615. The van der Waals surface area contributed by atoms with Crippen LogP contribution in [0.4, 0.5) is 0 Å². The van der Waals surface area contributed by atoms with Gasteiger partial charge < -0.3 is 31.0 Å². The Morgan fingerprint density at radius 3 is 2.26 bits per heavy atom. The van der Waals surface area contributed by atoms with Crippen LogP contribution in [-0.2, 0) is 9.59 Å². The van der Waals surface area contributed by atoms with Crippen LogP contribution in [0.5, 0.6) is 0 Å². The molecule has 3 atom stereocenters. The van der Waals surface area contributed by atoms with Crippen molar-refractivity contribution in [1.82, 2.24) is 0 Å². The molecule has 0 saturated heterocycles. The van der Waals surface area contributed by atoms with Crippen molar-refractivity contribution in [3.8, 4) is 0 Å². The number of rotatable bonds is 13. The Balaban J connectivity index is 3.98. The van der Waals surface area contributed by atoms with Gasteiger partial charge >= 0.3 is 5.97 Å². The number of aliphatic carboxylic acids is 1. The first-order chi connectivity index (χ1) is 10.8. The minimum Gasteiger partial charge on any atom is -0.480 e. The van der Waals surface area contributed by atoms with Crippen molar-refractivity contribution in [1.29, 1.82) is 0 Å². The molecule has 7 heteroatoms. The molecule has 134 valence electrons. The van der Waals surface area contributed by atoms with E-state index in [4.69, 9.17) is 15.9 Å². The lowest BCUT2D eigenvalue weighted by atomic mass is 9.89. The number of nitrogens with two attached hydrogens (primary N) is 1. The largest absolute Gasteiger partial charge is 0.480 e. The van der Waals surface area contributed by atoms with Gasteiger partial charge in [0.25, 0.3) is 0 Å². The summed E-state index contributed by atoms with van der Waals surface area (Å²) in [6.07, 6.45) is 5.72. The normalized spacial score (nSPS) is 16.9. The van der Waals surface area contributed by atoms with Gasteiger partial charge in [-0.3, -0.25) is 4.79 Å².